The van der Waals surface area contributed by atoms with Crippen molar-refractivity contribution in [3.05, 3.63) is 90.7 Å². The first kappa shape index (κ1) is 18.5. The lowest BCUT2D eigenvalue weighted by Crippen LogP contribution is -2.19. The minimum Gasteiger partial charge on any atom is -0.422 e. The first-order chi connectivity index (χ1) is 12.4. The summed E-state index contributed by atoms with van der Waals surface area (Å²) in [5, 5.41) is 0. The van der Waals surface area contributed by atoms with Crippen LogP contribution in [-0.2, 0) is 0 Å². The monoisotopic (exact) mass is 474 g/mol. The highest BCUT2D eigenvalue weighted by atomic mass is 79.9. The van der Waals surface area contributed by atoms with Crippen LogP contribution in [0.2, 0.25) is 0 Å². The van der Waals surface area contributed by atoms with Crippen LogP contribution in [0.15, 0.2) is 72.8 Å². The topological polar surface area (TPSA) is 64.3 Å². The predicted octanol–water partition coefficient (Wildman–Crippen LogP) is 5.27. The fourth-order valence-electron chi connectivity index (χ4n) is 2.52. The molecule has 3 aromatic rings. The normalized spacial score (nSPS) is 10.6. The van der Waals surface area contributed by atoms with Crippen LogP contribution >= 0.6 is 31.9 Å². The summed E-state index contributed by atoms with van der Waals surface area (Å²) in [7, 11) is 0. The number of benzene rings is 2. The smallest absolute Gasteiger partial charge is 0.347 e. The Morgan fingerprint density at radius 3 is 1.96 bits per heavy atom. The Bertz CT molecular complexity index is 1050. The van der Waals surface area contributed by atoms with Crippen molar-refractivity contribution >= 4 is 43.4 Å². The fourth-order valence-corrected chi connectivity index (χ4v) is 3.05. The van der Waals surface area contributed by atoms with Crippen molar-refractivity contribution in [1.29, 1.82) is 0 Å². The molecule has 0 saturated heterocycles. The number of carbonyl (C=O) groups is 2. The zero-order valence-corrected chi connectivity index (χ0v) is 16.8. The lowest BCUT2D eigenvalue weighted by molar-refractivity contribution is 0.0986. The summed E-state index contributed by atoms with van der Waals surface area (Å²) in [6.07, 6.45) is 0. The Morgan fingerprint density at radius 2 is 1.42 bits per heavy atom. The molecule has 0 amide bonds. The Hall–Kier alpha value is -2.31. The first-order valence-electron chi connectivity index (χ1n) is 7.62. The van der Waals surface area contributed by atoms with Crippen molar-refractivity contribution in [1.82, 2.24) is 0 Å². The number of Topliss-reactive ketones (excluding diaryl/α,β-unsaturated/α-hetero) is 1. The summed E-state index contributed by atoms with van der Waals surface area (Å²) in [6, 6.07) is 15.3. The molecule has 0 atom stereocenters. The van der Waals surface area contributed by atoms with Crippen molar-refractivity contribution in [2.75, 3.05) is 0 Å². The summed E-state index contributed by atoms with van der Waals surface area (Å²) in [6.45, 7) is 1.24. The molecule has 3 rings (SSSR count). The molecule has 0 fully saturated rings. The number of hydrogen-bond donors (Lipinski definition) is 0. The van der Waals surface area contributed by atoms with E-state index in [0.29, 0.717) is 11.1 Å². The molecule has 0 spiro atoms. The average molecular weight is 476 g/mol. The highest BCUT2D eigenvalue weighted by molar-refractivity contribution is 9.10. The minimum absolute atomic E-state index is 0.0361. The highest BCUT2D eigenvalue weighted by Gasteiger charge is 2.22. The summed E-state index contributed by atoms with van der Waals surface area (Å²) in [5.41, 5.74) is -0.0144. The Balaban J connectivity index is 2.19. The Labute approximate surface area is 166 Å². The van der Waals surface area contributed by atoms with Crippen LogP contribution in [-0.4, -0.2) is 11.6 Å². The Morgan fingerprint density at radius 1 is 0.885 bits per heavy atom. The van der Waals surface area contributed by atoms with Crippen LogP contribution in [0.5, 0.6) is 0 Å². The molecule has 0 radical (unpaired) electrons. The maximum Gasteiger partial charge on any atom is 0.347 e. The van der Waals surface area contributed by atoms with E-state index in [-0.39, 0.29) is 16.9 Å². The molecule has 0 unspecified atom stereocenters. The van der Waals surface area contributed by atoms with E-state index in [2.05, 4.69) is 31.9 Å². The molecule has 6 heteroatoms. The van der Waals surface area contributed by atoms with Gasteiger partial charge in [0, 0.05) is 25.6 Å². The molecule has 0 aliphatic carbocycles. The lowest BCUT2D eigenvalue weighted by Gasteiger charge is -2.08. The summed E-state index contributed by atoms with van der Waals surface area (Å²) < 4.78 is 6.98. The van der Waals surface area contributed by atoms with Gasteiger partial charge in [0.1, 0.15) is 11.3 Å². The van der Waals surface area contributed by atoms with Crippen molar-refractivity contribution in [3.8, 4) is 11.3 Å². The molecule has 0 saturated carbocycles. The predicted molar refractivity (Wildman–Crippen MR) is 106 cm³/mol. The van der Waals surface area contributed by atoms with E-state index in [1.807, 2.05) is 0 Å². The zero-order chi connectivity index (χ0) is 18.8. The summed E-state index contributed by atoms with van der Waals surface area (Å²) in [5.74, 6) is -0.691. The largest absolute Gasteiger partial charge is 0.422 e. The molecule has 26 heavy (non-hydrogen) atoms. The third-order valence-corrected chi connectivity index (χ3v) is 4.84. The third kappa shape index (κ3) is 3.76. The van der Waals surface area contributed by atoms with Crippen LogP contribution in [0.25, 0.3) is 11.3 Å². The maximum absolute atomic E-state index is 12.9. The number of ketones is 2. The minimum atomic E-state index is -0.821. The van der Waals surface area contributed by atoms with Gasteiger partial charge in [-0.3, -0.25) is 9.59 Å². The van der Waals surface area contributed by atoms with Crippen LogP contribution in [0, 0.1) is 0 Å². The van der Waals surface area contributed by atoms with Crippen LogP contribution in [0.4, 0.5) is 0 Å². The lowest BCUT2D eigenvalue weighted by atomic mass is 9.97. The zero-order valence-electron chi connectivity index (χ0n) is 13.6. The van der Waals surface area contributed by atoms with E-state index in [1.165, 1.54) is 13.0 Å². The SMILES string of the molecule is CC(=O)c1c(C(=O)c2ccc(Br)cc2)cc(-c2ccc(Br)cc2)oc1=O. The highest BCUT2D eigenvalue weighted by Crippen LogP contribution is 2.24. The van der Waals surface area contributed by atoms with Gasteiger partial charge in [0.25, 0.3) is 0 Å². The number of rotatable bonds is 4. The second-order valence-corrected chi connectivity index (χ2v) is 7.42. The molecule has 1 aromatic heterocycles. The van der Waals surface area contributed by atoms with E-state index in [9.17, 15) is 14.4 Å². The third-order valence-electron chi connectivity index (χ3n) is 3.78. The van der Waals surface area contributed by atoms with Gasteiger partial charge in [0.05, 0.1) is 0 Å². The quantitative estimate of drug-likeness (QED) is 0.482. The van der Waals surface area contributed by atoms with Gasteiger partial charge in [-0.25, -0.2) is 4.79 Å². The van der Waals surface area contributed by atoms with Crippen LogP contribution < -0.4 is 5.63 Å². The fraction of sp³-hybridized carbons (Fsp3) is 0.0500. The molecule has 130 valence electrons. The van der Waals surface area contributed by atoms with Gasteiger partial charge >= 0.3 is 5.63 Å². The van der Waals surface area contributed by atoms with Gasteiger partial charge in [-0.1, -0.05) is 44.0 Å². The van der Waals surface area contributed by atoms with Gasteiger partial charge < -0.3 is 4.42 Å². The maximum atomic E-state index is 12.9. The van der Waals surface area contributed by atoms with Gasteiger partial charge in [0.15, 0.2) is 11.6 Å². The molecule has 0 aliphatic heterocycles. The van der Waals surface area contributed by atoms with Gasteiger partial charge in [0.2, 0.25) is 0 Å². The molecule has 0 bridgehead atoms. The van der Waals surface area contributed by atoms with Crippen molar-refractivity contribution in [2.24, 2.45) is 0 Å². The second kappa shape index (κ2) is 7.51. The van der Waals surface area contributed by atoms with E-state index < -0.39 is 17.2 Å². The molecule has 1 heterocycles. The van der Waals surface area contributed by atoms with Gasteiger partial charge in [-0.05, 0) is 49.4 Å². The van der Waals surface area contributed by atoms with Crippen molar-refractivity contribution in [3.63, 3.8) is 0 Å². The second-order valence-electron chi connectivity index (χ2n) is 5.59. The Kier molecular flexibility index (Phi) is 5.34. The number of hydrogen-bond acceptors (Lipinski definition) is 4. The first-order valence-corrected chi connectivity index (χ1v) is 9.20. The molecule has 0 aliphatic rings. The van der Waals surface area contributed by atoms with E-state index in [0.717, 1.165) is 8.95 Å². The van der Waals surface area contributed by atoms with E-state index in [1.54, 1.807) is 48.5 Å². The van der Waals surface area contributed by atoms with Crippen molar-refractivity contribution in [2.45, 2.75) is 6.92 Å². The van der Waals surface area contributed by atoms with E-state index >= 15 is 0 Å². The molecular weight excluding hydrogens is 464 g/mol. The molecule has 4 nitrogen and oxygen atoms in total. The molecule has 2 aromatic carbocycles. The van der Waals surface area contributed by atoms with Gasteiger partial charge in [-0.2, -0.15) is 0 Å². The van der Waals surface area contributed by atoms with Crippen LogP contribution in [0.1, 0.15) is 33.2 Å². The molecule has 0 N–H and O–H groups in total. The van der Waals surface area contributed by atoms with Crippen LogP contribution in [0.3, 0.4) is 0 Å². The molecular formula is C20H12Br2O4. The number of carbonyl (C=O) groups excluding carboxylic acids is 2. The standard InChI is InChI=1S/C20H12Br2O4/c1-11(23)18-16(19(24)13-4-8-15(22)9-5-13)10-17(26-20(18)25)12-2-6-14(21)7-3-12/h2-10H,1H3. The van der Waals surface area contributed by atoms with E-state index in [4.69, 9.17) is 4.42 Å². The average Bonchev–Trinajstić information content (AvgIpc) is 2.61. The number of halogens is 2. The van der Waals surface area contributed by atoms with Gasteiger partial charge in [-0.15, -0.1) is 0 Å². The summed E-state index contributed by atoms with van der Waals surface area (Å²) >= 11 is 6.66. The van der Waals surface area contributed by atoms with Crippen molar-refractivity contribution < 1.29 is 14.0 Å². The summed E-state index contributed by atoms with van der Waals surface area (Å²) in [4.78, 5) is 37.2.